The number of fused-ring (bicyclic) bond motifs is 3. The van der Waals surface area contributed by atoms with Gasteiger partial charge in [0.05, 0.1) is 23.0 Å². The largest absolute Gasteiger partial charge is 0.376 e. The van der Waals surface area contributed by atoms with E-state index in [1.807, 2.05) is 30.3 Å². The number of ether oxygens (including phenoxy) is 1. The molecule has 3 aliphatic rings. The van der Waals surface area contributed by atoms with Crippen molar-refractivity contribution in [1.82, 2.24) is 10.2 Å². The molecule has 2 fully saturated rings. The van der Waals surface area contributed by atoms with Crippen LogP contribution in [0.3, 0.4) is 0 Å². The lowest BCUT2D eigenvalue weighted by Gasteiger charge is -2.49. The van der Waals surface area contributed by atoms with Crippen molar-refractivity contribution in [3.8, 4) is 0 Å². The first-order valence-corrected chi connectivity index (χ1v) is 12.3. The van der Waals surface area contributed by atoms with Gasteiger partial charge in [-0.15, -0.1) is 0 Å². The number of halogens is 1. The summed E-state index contributed by atoms with van der Waals surface area (Å²) in [5, 5.41) is 15.2. The van der Waals surface area contributed by atoms with E-state index in [0.29, 0.717) is 13.0 Å². The quantitative estimate of drug-likeness (QED) is 0.499. The molecule has 3 atom stereocenters. The Morgan fingerprint density at radius 3 is 2.76 bits per heavy atom. The van der Waals surface area contributed by atoms with Gasteiger partial charge in [-0.3, -0.25) is 19.8 Å². The highest BCUT2D eigenvalue weighted by Gasteiger charge is 2.42. The summed E-state index contributed by atoms with van der Waals surface area (Å²) in [7, 11) is 0. The molecule has 2 aromatic carbocycles. The molecule has 0 bridgehead atoms. The molecule has 8 nitrogen and oxygen atoms in total. The molecule has 34 heavy (non-hydrogen) atoms. The fourth-order valence-electron chi connectivity index (χ4n) is 5.42. The third-order valence-electron chi connectivity index (χ3n) is 7.17. The molecule has 2 saturated heterocycles. The molecule has 1 amide bonds. The van der Waals surface area contributed by atoms with Gasteiger partial charge in [0.25, 0.3) is 5.69 Å². The minimum atomic E-state index is -0.372. The van der Waals surface area contributed by atoms with Crippen LogP contribution in [0.2, 0.25) is 5.02 Å². The molecule has 0 aromatic heterocycles. The van der Waals surface area contributed by atoms with E-state index in [-0.39, 0.29) is 34.6 Å². The smallest absolute Gasteiger partial charge is 0.269 e. The standard InChI is InChI=1S/C25H29ClN4O4/c26-19-5-3-17(4-6-19)15-28-9-10-29-23-8-7-20(30(32)33)12-18(23)13-22(24(29)16-28)25(31)27-14-21-2-1-11-34-21/h3-8,12,21-22,24H,1-2,9-11,13-16H2,(H,27,31)/t21-,22+,24-/m0/s1. The third kappa shape index (κ3) is 4.89. The van der Waals surface area contributed by atoms with E-state index in [0.717, 1.165) is 61.9 Å². The number of carbonyl (C=O) groups is 1. The fraction of sp³-hybridized carbons (Fsp3) is 0.480. The third-order valence-corrected chi connectivity index (χ3v) is 7.43. The Balaban J connectivity index is 1.37. The molecule has 0 radical (unpaired) electrons. The molecule has 0 saturated carbocycles. The number of piperazine rings is 1. The number of rotatable bonds is 6. The molecule has 1 N–H and O–H groups in total. The summed E-state index contributed by atoms with van der Waals surface area (Å²) in [4.78, 5) is 29.0. The van der Waals surface area contributed by atoms with Crippen LogP contribution in [0.15, 0.2) is 42.5 Å². The lowest BCUT2D eigenvalue weighted by molar-refractivity contribution is -0.384. The van der Waals surface area contributed by atoms with Gasteiger partial charge < -0.3 is 15.0 Å². The maximum atomic E-state index is 13.4. The summed E-state index contributed by atoms with van der Waals surface area (Å²) in [5.74, 6) is -0.292. The number of anilines is 1. The Hall–Kier alpha value is -2.68. The second-order valence-corrected chi connectivity index (χ2v) is 9.82. The van der Waals surface area contributed by atoms with Crippen molar-refractivity contribution in [2.75, 3.05) is 37.7 Å². The SMILES string of the molecule is O=C(NC[C@@H]1CCCO1)[C@@H]1Cc2cc([N+](=O)[O-])ccc2N2CCN(Cc3ccc(Cl)cc3)C[C@@H]12. The summed E-state index contributed by atoms with van der Waals surface area (Å²) >= 11 is 6.04. The summed E-state index contributed by atoms with van der Waals surface area (Å²) in [6, 6.07) is 12.9. The van der Waals surface area contributed by atoms with Gasteiger partial charge in [0.2, 0.25) is 5.91 Å². The van der Waals surface area contributed by atoms with Crippen LogP contribution in [0.1, 0.15) is 24.0 Å². The molecular weight excluding hydrogens is 456 g/mol. The maximum absolute atomic E-state index is 13.4. The van der Waals surface area contributed by atoms with Gasteiger partial charge in [-0.1, -0.05) is 23.7 Å². The lowest BCUT2D eigenvalue weighted by atomic mass is 9.83. The average molecular weight is 485 g/mol. The topological polar surface area (TPSA) is 87.9 Å². The highest BCUT2D eigenvalue weighted by atomic mass is 35.5. The molecule has 0 unspecified atom stereocenters. The maximum Gasteiger partial charge on any atom is 0.269 e. The van der Waals surface area contributed by atoms with Crippen LogP contribution in [0.25, 0.3) is 0 Å². The van der Waals surface area contributed by atoms with Gasteiger partial charge in [0.15, 0.2) is 0 Å². The summed E-state index contributed by atoms with van der Waals surface area (Å²) in [5.41, 5.74) is 3.12. The molecule has 180 valence electrons. The van der Waals surface area contributed by atoms with Gasteiger partial charge in [-0.25, -0.2) is 0 Å². The van der Waals surface area contributed by atoms with Crippen molar-refractivity contribution in [2.45, 2.75) is 38.0 Å². The van der Waals surface area contributed by atoms with Gasteiger partial charge in [0, 0.05) is 62.2 Å². The van der Waals surface area contributed by atoms with Crippen LogP contribution < -0.4 is 10.2 Å². The number of nitrogens with one attached hydrogen (secondary N) is 1. The Labute approximate surface area is 204 Å². The van der Waals surface area contributed by atoms with Crippen molar-refractivity contribution in [2.24, 2.45) is 5.92 Å². The number of carbonyl (C=O) groups excluding carboxylic acids is 1. The first-order valence-electron chi connectivity index (χ1n) is 11.9. The van der Waals surface area contributed by atoms with E-state index < -0.39 is 0 Å². The van der Waals surface area contributed by atoms with Crippen molar-refractivity contribution in [3.63, 3.8) is 0 Å². The molecule has 0 spiro atoms. The predicted molar refractivity (Wildman–Crippen MR) is 130 cm³/mol. The Bertz CT molecular complexity index is 1060. The Kier molecular flexibility index (Phi) is 6.72. The van der Waals surface area contributed by atoms with E-state index in [4.69, 9.17) is 16.3 Å². The predicted octanol–water partition coefficient (Wildman–Crippen LogP) is 3.41. The van der Waals surface area contributed by atoms with Crippen LogP contribution in [0.4, 0.5) is 11.4 Å². The molecule has 9 heteroatoms. The van der Waals surface area contributed by atoms with Crippen LogP contribution in [-0.4, -0.2) is 60.7 Å². The highest BCUT2D eigenvalue weighted by molar-refractivity contribution is 6.30. The average Bonchev–Trinajstić information content (AvgIpc) is 3.36. The van der Waals surface area contributed by atoms with Gasteiger partial charge >= 0.3 is 0 Å². The van der Waals surface area contributed by atoms with Crippen LogP contribution in [0, 0.1) is 16.0 Å². The number of amides is 1. The summed E-state index contributed by atoms with van der Waals surface area (Å²) in [6.45, 7) is 4.41. The summed E-state index contributed by atoms with van der Waals surface area (Å²) in [6.07, 6.45) is 2.55. The fourth-order valence-corrected chi connectivity index (χ4v) is 5.55. The zero-order valence-corrected chi connectivity index (χ0v) is 19.7. The van der Waals surface area contributed by atoms with E-state index in [2.05, 4.69) is 15.1 Å². The Morgan fingerprint density at radius 1 is 1.21 bits per heavy atom. The number of nitro groups is 1. The lowest BCUT2D eigenvalue weighted by Crippen LogP contribution is -2.61. The second kappa shape index (κ2) is 9.90. The van der Waals surface area contributed by atoms with Crippen LogP contribution >= 0.6 is 11.6 Å². The number of nitro benzene ring substituents is 1. The van der Waals surface area contributed by atoms with Crippen molar-refractivity contribution in [1.29, 1.82) is 0 Å². The van der Waals surface area contributed by atoms with Gasteiger partial charge in [-0.2, -0.15) is 0 Å². The normalized spacial score (nSPS) is 24.4. The zero-order chi connectivity index (χ0) is 23.7. The number of non-ortho nitro benzene ring substituents is 1. The molecule has 5 rings (SSSR count). The second-order valence-electron chi connectivity index (χ2n) is 9.38. The van der Waals surface area contributed by atoms with E-state index in [1.54, 1.807) is 12.1 Å². The summed E-state index contributed by atoms with van der Waals surface area (Å²) < 4.78 is 5.67. The number of hydrogen-bond acceptors (Lipinski definition) is 6. The van der Waals surface area contributed by atoms with E-state index >= 15 is 0 Å². The zero-order valence-electron chi connectivity index (χ0n) is 19.0. The number of benzene rings is 2. The van der Waals surface area contributed by atoms with Crippen molar-refractivity contribution < 1.29 is 14.5 Å². The minimum absolute atomic E-state index is 0.000460. The molecule has 0 aliphatic carbocycles. The highest BCUT2D eigenvalue weighted by Crippen LogP contribution is 2.38. The van der Waals surface area contributed by atoms with Crippen LogP contribution in [0.5, 0.6) is 0 Å². The first-order chi connectivity index (χ1) is 16.5. The van der Waals surface area contributed by atoms with Gasteiger partial charge in [-0.05, 0) is 48.6 Å². The van der Waals surface area contributed by atoms with E-state index in [9.17, 15) is 14.9 Å². The monoisotopic (exact) mass is 484 g/mol. The minimum Gasteiger partial charge on any atom is -0.376 e. The van der Waals surface area contributed by atoms with Crippen molar-refractivity contribution in [3.05, 3.63) is 68.7 Å². The molecule has 3 heterocycles. The number of hydrogen-bond donors (Lipinski definition) is 1. The van der Waals surface area contributed by atoms with Crippen LogP contribution in [-0.2, 0) is 22.5 Å². The number of nitrogens with zero attached hydrogens (tertiary/aromatic N) is 3. The first kappa shape index (κ1) is 23.1. The molecule has 3 aliphatic heterocycles. The van der Waals surface area contributed by atoms with Crippen molar-refractivity contribution >= 4 is 28.9 Å². The Morgan fingerprint density at radius 2 is 2.03 bits per heavy atom. The van der Waals surface area contributed by atoms with Gasteiger partial charge in [0.1, 0.15) is 0 Å². The molecular formula is C25H29ClN4O4. The van der Waals surface area contributed by atoms with E-state index in [1.165, 1.54) is 5.56 Å². The molecule has 2 aromatic rings.